The minimum absolute atomic E-state index is 0.00253. The molecular weight excluding hydrogens is 521 g/mol. The second-order valence-corrected chi connectivity index (χ2v) is 9.59. The molecular formula is C26H25F3N4O4S. The maximum Gasteiger partial charge on any atom is 0.416 e. The first-order valence-corrected chi connectivity index (χ1v) is 12.6. The Morgan fingerprint density at radius 2 is 1.84 bits per heavy atom. The van der Waals surface area contributed by atoms with Crippen LogP contribution in [0, 0.1) is 0 Å². The summed E-state index contributed by atoms with van der Waals surface area (Å²) in [6, 6.07) is 11.4. The first kappa shape index (κ1) is 27.1. The number of nitrogens with one attached hydrogen (secondary N) is 2. The highest BCUT2D eigenvalue weighted by molar-refractivity contribution is 7.13. The number of nitrogens with zero attached hydrogens (tertiary/aromatic N) is 2. The first-order chi connectivity index (χ1) is 18.1. The van der Waals surface area contributed by atoms with Crippen molar-refractivity contribution < 1.29 is 32.3 Å². The molecule has 0 saturated heterocycles. The Morgan fingerprint density at radius 1 is 1.11 bits per heavy atom. The first-order valence-electron chi connectivity index (χ1n) is 11.7. The number of alkyl halides is 3. The summed E-state index contributed by atoms with van der Waals surface area (Å²) >= 11 is 1.13. The molecule has 38 heavy (non-hydrogen) atoms. The number of benzene rings is 2. The minimum atomic E-state index is -4.46. The van der Waals surface area contributed by atoms with Crippen LogP contribution in [0.25, 0.3) is 0 Å². The van der Waals surface area contributed by atoms with Crippen molar-refractivity contribution in [3.8, 4) is 5.75 Å². The van der Waals surface area contributed by atoms with Crippen LogP contribution in [-0.4, -0.2) is 47.3 Å². The molecule has 2 N–H and O–H groups in total. The van der Waals surface area contributed by atoms with Crippen LogP contribution in [0.1, 0.15) is 40.0 Å². The van der Waals surface area contributed by atoms with Crippen molar-refractivity contribution in [3.63, 3.8) is 0 Å². The van der Waals surface area contributed by atoms with Crippen molar-refractivity contribution in [2.24, 2.45) is 0 Å². The summed E-state index contributed by atoms with van der Waals surface area (Å²) in [5.74, 6) is -0.451. The van der Waals surface area contributed by atoms with E-state index in [0.29, 0.717) is 22.6 Å². The third kappa shape index (κ3) is 7.31. The molecule has 3 amide bonds. The predicted molar refractivity (Wildman–Crippen MR) is 135 cm³/mol. The molecule has 12 heteroatoms. The topological polar surface area (TPSA) is 101 Å². The number of aromatic nitrogens is 1. The molecule has 1 aliphatic carbocycles. The molecule has 3 aromatic rings. The fourth-order valence-electron chi connectivity index (χ4n) is 3.70. The Hall–Kier alpha value is -3.93. The van der Waals surface area contributed by atoms with E-state index >= 15 is 0 Å². The molecule has 0 unspecified atom stereocenters. The number of carbonyl (C=O) groups is 3. The Morgan fingerprint density at radius 3 is 2.50 bits per heavy atom. The minimum Gasteiger partial charge on any atom is -0.497 e. The Kier molecular flexibility index (Phi) is 8.30. The SMILES string of the molecule is COc1ccc(C(=O)N(CC(=O)Nc2nc(CC(=O)NCc3cccc(C(F)(F)F)c3)cs2)C2CC2)cc1. The van der Waals surface area contributed by atoms with Crippen molar-refractivity contribution in [1.82, 2.24) is 15.2 Å². The number of carbonyl (C=O) groups excluding carboxylic acids is 3. The number of ether oxygens (including phenoxy) is 1. The van der Waals surface area contributed by atoms with Crippen LogP contribution in [0.15, 0.2) is 53.9 Å². The third-order valence-electron chi connectivity index (χ3n) is 5.78. The standard InChI is InChI=1S/C26H25F3N4O4S/c1-37-21-9-5-17(6-10-21)24(36)33(20-7-8-20)14-23(35)32-25-31-19(15-38-25)12-22(34)30-13-16-3-2-4-18(11-16)26(27,28)29/h2-6,9-11,15,20H,7-8,12-14H2,1H3,(H,30,34)(H,31,32,35). The van der Waals surface area contributed by atoms with Crippen molar-refractivity contribution in [1.29, 1.82) is 0 Å². The number of anilines is 1. The second kappa shape index (κ2) is 11.6. The lowest BCUT2D eigenvalue weighted by Crippen LogP contribution is -2.39. The van der Waals surface area contributed by atoms with Crippen molar-refractivity contribution >= 4 is 34.2 Å². The maximum absolute atomic E-state index is 13.0. The van der Waals surface area contributed by atoms with E-state index in [1.807, 2.05) is 0 Å². The number of methoxy groups -OCH3 is 1. The van der Waals surface area contributed by atoms with Gasteiger partial charge in [0.1, 0.15) is 12.3 Å². The van der Waals surface area contributed by atoms with Gasteiger partial charge in [0, 0.05) is 23.5 Å². The monoisotopic (exact) mass is 546 g/mol. The highest BCUT2D eigenvalue weighted by Crippen LogP contribution is 2.30. The summed E-state index contributed by atoms with van der Waals surface area (Å²) in [4.78, 5) is 43.7. The normalized spacial score (nSPS) is 13.1. The molecule has 200 valence electrons. The van der Waals surface area contributed by atoms with Crippen LogP contribution in [-0.2, 0) is 28.7 Å². The quantitative estimate of drug-likeness (QED) is 0.396. The van der Waals surface area contributed by atoms with Crippen molar-refractivity contribution in [3.05, 3.63) is 76.3 Å². The summed E-state index contributed by atoms with van der Waals surface area (Å²) in [5, 5.41) is 7.14. The molecule has 1 saturated carbocycles. The number of amides is 3. The zero-order valence-corrected chi connectivity index (χ0v) is 21.2. The fourth-order valence-corrected chi connectivity index (χ4v) is 4.42. The van der Waals surface area contributed by atoms with Gasteiger partial charge in [-0.15, -0.1) is 11.3 Å². The van der Waals surface area contributed by atoms with Gasteiger partial charge in [0.15, 0.2) is 5.13 Å². The molecule has 0 spiro atoms. The van der Waals surface area contributed by atoms with E-state index < -0.39 is 23.6 Å². The maximum atomic E-state index is 13.0. The van der Waals surface area contributed by atoms with Gasteiger partial charge in [-0.2, -0.15) is 13.2 Å². The molecule has 1 aliphatic rings. The van der Waals surface area contributed by atoms with Gasteiger partial charge in [-0.1, -0.05) is 12.1 Å². The van der Waals surface area contributed by atoms with Gasteiger partial charge < -0.3 is 20.3 Å². The number of rotatable bonds is 10. The third-order valence-corrected chi connectivity index (χ3v) is 6.59. The van der Waals surface area contributed by atoms with Crippen LogP contribution in [0.2, 0.25) is 0 Å². The lowest BCUT2D eigenvalue weighted by molar-refractivity contribution is -0.137. The van der Waals surface area contributed by atoms with E-state index in [2.05, 4.69) is 15.6 Å². The average molecular weight is 547 g/mol. The average Bonchev–Trinajstić information content (AvgIpc) is 3.65. The summed E-state index contributed by atoms with van der Waals surface area (Å²) in [6.45, 7) is -0.197. The smallest absolute Gasteiger partial charge is 0.416 e. The summed E-state index contributed by atoms with van der Waals surface area (Å²) in [7, 11) is 1.54. The van der Waals surface area contributed by atoms with Crippen LogP contribution >= 0.6 is 11.3 Å². The largest absolute Gasteiger partial charge is 0.497 e. The van der Waals surface area contributed by atoms with Gasteiger partial charge in [-0.25, -0.2) is 4.98 Å². The van der Waals surface area contributed by atoms with E-state index in [4.69, 9.17) is 4.74 Å². The Balaban J connectivity index is 1.28. The van der Waals surface area contributed by atoms with Gasteiger partial charge in [-0.05, 0) is 54.8 Å². The molecule has 4 rings (SSSR count). The molecule has 0 atom stereocenters. The molecule has 2 aromatic carbocycles. The van der Waals surface area contributed by atoms with E-state index in [0.717, 1.165) is 36.3 Å². The van der Waals surface area contributed by atoms with Gasteiger partial charge >= 0.3 is 6.18 Å². The van der Waals surface area contributed by atoms with Gasteiger partial charge in [0.25, 0.3) is 5.91 Å². The molecule has 1 heterocycles. The number of thiazole rings is 1. The fraction of sp³-hybridized carbons (Fsp3) is 0.308. The lowest BCUT2D eigenvalue weighted by atomic mass is 10.1. The van der Waals surface area contributed by atoms with Gasteiger partial charge in [0.2, 0.25) is 11.8 Å². The molecule has 1 aromatic heterocycles. The Labute approximate surface area is 220 Å². The molecule has 0 bridgehead atoms. The van der Waals surface area contributed by atoms with Crippen LogP contribution < -0.4 is 15.4 Å². The van der Waals surface area contributed by atoms with Gasteiger partial charge in [-0.3, -0.25) is 14.4 Å². The lowest BCUT2D eigenvalue weighted by Gasteiger charge is -2.21. The molecule has 0 radical (unpaired) electrons. The van der Waals surface area contributed by atoms with E-state index in [9.17, 15) is 27.6 Å². The van der Waals surface area contributed by atoms with E-state index in [1.54, 1.807) is 29.6 Å². The molecule has 8 nitrogen and oxygen atoms in total. The number of halogens is 3. The van der Waals surface area contributed by atoms with E-state index in [-0.39, 0.29) is 36.6 Å². The highest BCUT2D eigenvalue weighted by Gasteiger charge is 2.34. The summed E-state index contributed by atoms with van der Waals surface area (Å²) in [5.41, 5.74) is 0.400. The number of hydrogen-bond donors (Lipinski definition) is 2. The van der Waals surface area contributed by atoms with Crippen molar-refractivity contribution in [2.75, 3.05) is 19.0 Å². The second-order valence-electron chi connectivity index (χ2n) is 8.74. The van der Waals surface area contributed by atoms with Crippen LogP contribution in [0.4, 0.5) is 18.3 Å². The zero-order chi connectivity index (χ0) is 27.3. The zero-order valence-electron chi connectivity index (χ0n) is 20.4. The van der Waals surface area contributed by atoms with Gasteiger partial charge in [0.05, 0.1) is 24.8 Å². The number of hydrogen-bond acceptors (Lipinski definition) is 6. The van der Waals surface area contributed by atoms with E-state index in [1.165, 1.54) is 24.1 Å². The predicted octanol–water partition coefficient (Wildman–Crippen LogP) is 4.27. The van der Waals surface area contributed by atoms with Crippen LogP contribution in [0.3, 0.4) is 0 Å². The summed E-state index contributed by atoms with van der Waals surface area (Å²) in [6.07, 6.45) is -2.91. The molecule has 1 fully saturated rings. The molecule has 0 aliphatic heterocycles. The van der Waals surface area contributed by atoms with Crippen LogP contribution in [0.5, 0.6) is 5.75 Å². The van der Waals surface area contributed by atoms with Crippen molar-refractivity contribution in [2.45, 2.75) is 38.0 Å². The Bertz CT molecular complexity index is 1310. The summed E-state index contributed by atoms with van der Waals surface area (Å²) < 4.78 is 43.7. The highest BCUT2D eigenvalue weighted by atomic mass is 32.1.